The number of carbonyl (C=O) groups is 1. The predicted molar refractivity (Wildman–Crippen MR) is 80.6 cm³/mol. The van der Waals surface area contributed by atoms with Crippen LogP contribution in [0.2, 0.25) is 0 Å². The average molecular weight is 334 g/mol. The summed E-state index contributed by atoms with van der Waals surface area (Å²) in [6.45, 7) is 2.48. The smallest absolute Gasteiger partial charge is 0.253 e. The lowest BCUT2D eigenvalue weighted by Crippen LogP contribution is -2.27. The molecule has 0 saturated carbocycles. The van der Waals surface area contributed by atoms with Crippen LogP contribution >= 0.6 is 15.9 Å². The fourth-order valence-electron chi connectivity index (χ4n) is 2.46. The van der Waals surface area contributed by atoms with E-state index in [1.54, 1.807) is 6.20 Å². The third-order valence-corrected chi connectivity index (χ3v) is 4.26. The molecule has 4 nitrogen and oxygen atoms in total. The Morgan fingerprint density at radius 2 is 1.85 bits per heavy atom. The van der Waals surface area contributed by atoms with Gasteiger partial charge in [-0.1, -0.05) is 12.1 Å². The van der Waals surface area contributed by atoms with Crippen molar-refractivity contribution < 1.29 is 4.79 Å². The van der Waals surface area contributed by atoms with E-state index in [2.05, 4.69) is 21.0 Å². The molecule has 1 aromatic carbocycles. The van der Waals surface area contributed by atoms with Crippen molar-refractivity contribution in [2.45, 2.75) is 19.4 Å². The minimum Gasteiger partial charge on any atom is -0.339 e. The van der Waals surface area contributed by atoms with Crippen molar-refractivity contribution in [2.75, 3.05) is 13.1 Å². The first-order chi connectivity index (χ1) is 9.74. The van der Waals surface area contributed by atoms with Crippen LogP contribution in [0, 0.1) is 0 Å². The van der Waals surface area contributed by atoms with Crippen LogP contribution in [0.3, 0.4) is 0 Å². The standard InChI is InChI=1S/C15H16BrN3O/c16-14-7-8-17-19(14)11-12-3-5-13(6-4-12)15(20)18-9-1-2-10-18/h3-8H,1-2,9-11H2. The Morgan fingerprint density at radius 1 is 1.15 bits per heavy atom. The number of amides is 1. The van der Waals surface area contributed by atoms with Crippen LogP contribution in [-0.4, -0.2) is 33.7 Å². The lowest BCUT2D eigenvalue weighted by molar-refractivity contribution is 0.0793. The highest BCUT2D eigenvalue weighted by atomic mass is 79.9. The maximum absolute atomic E-state index is 12.2. The maximum Gasteiger partial charge on any atom is 0.253 e. The van der Waals surface area contributed by atoms with E-state index in [1.807, 2.05) is 39.9 Å². The Kier molecular flexibility index (Phi) is 3.87. The van der Waals surface area contributed by atoms with E-state index in [0.717, 1.165) is 41.7 Å². The average Bonchev–Trinajstić information content (AvgIpc) is 3.12. The molecular formula is C15H16BrN3O. The largest absolute Gasteiger partial charge is 0.339 e. The van der Waals surface area contributed by atoms with E-state index in [4.69, 9.17) is 0 Å². The van der Waals surface area contributed by atoms with Crippen LogP contribution in [0.15, 0.2) is 41.1 Å². The van der Waals surface area contributed by atoms with Crippen molar-refractivity contribution in [1.29, 1.82) is 0 Å². The zero-order valence-electron chi connectivity index (χ0n) is 11.1. The van der Waals surface area contributed by atoms with Gasteiger partial charge in [-0.05, 0) is 52.5 Å². The minimum absolute atomic E-state index is 0.148. The number of hydrogen-bond donors (Lipinski definition) is 0. The highest BCUT2D eigenvalue weighted by molar-refractivity contribution is 9.10. The molecule has 2 heterocycles. The molecule has 0 atom stereocenters. The van der Waals surface area contributed by atoms with Gasteiger partial charge in [0.2, 0.25) is 0 Å². The Balaban J connectivity index is 1.71. The fraction of sp³-hybridized carbons (Fsp3) is 0.333. The monoisotopic (exact) mass is 333 g/mol. The van der Waals surface area contributed by atoms with Crippen LogP contribution in [-0.2, 0) is 6.54 Å². The highest BCUT2D eigenvalue weighted by Gasteiger charge is 2.19. The number of aromatic nitrogens is 2. The fourth-order valence-corrected chi connectivity index (χ4v) is 2.80. The lowest BCUT2D eigenvalue weighted by atomic mass is 10.1. The zero-order chi connectivity index (χ0) is 13.9. The third kappa shape index (κ3) is 2.77. The molecule has 0 radical (unpaired) electrons. The molecule has 0 aliphatic carbocycles. The first kappa shape index (κ1) is 13.4. The summed E-state index contributed by atoms with van der Waals surface area (Å²) in [7, 11) is 0. The van der Waals surface area contributed by atoms with Crippen molar-refractivity contribution in [3.63, 3.8) is 0 Å². The molecule has 20 heavy (non-hydrogen) atoms. The Labute approximate surface area is 126 Å². The molecule has 0 spiro atoms. The van der Waals surface area contributed by atoms with Gasteiger partial charge in [-0.15, -0.1) is 0 Å². The summed E-state index contributed by atoms with van der Waals surface area (Å²) in [5.41, 5.74) is 1.91. The van der Waals surface area contributed by atoms with E-state index < -0.39 is 0 Å². The number of benzene rings is 1. The summed E-state index contributed by atoms with van der Waals surface area (Å²) < 4.78 is 2.83. The molecule has 1 aliphatic rings. The second-order valence-corrected chi connectivity index (χ2v) is 5.82. The van der Waals surface area contributed by atoms with Gasteiger partial charge in [-0.2, -0.15) is 5.10 Å². The Hall–Kier alpha value is -1.62. The summed E-state index contributed by atoms with van der Waals surface area (Å²) >= 11 is 3.45. The number of halogens is 1. The van der Waals surface area contributed by atoms with Gasteiger partial charge in [0.25, 0.3) is 5.91 Å². The van der Waals surface area contributed by atoms with Gasteiger partial charge in [-0.3, -0.25) is 9.48 Å². The maximum atomic E-state index is 12.2. The molecule has 104 valence electrons. The van der Waals surface area contributed by atoms with Gasteiger partial charge in [0.15, 0.2) is 0 Å². The van der Waals surface area contributed by atoms with Crippen molar-refractivity contribution >= 4 is 21.8 Å². The van der Waals surface area contributed by atoms with Crippen LogP contribution < -0.4 is 0 Å². The SMILES string of the molecule is O=C(c1ccc(Cn2nccc2Br)cc1)N1CCCC1. The van der Waals surface area contributed by atoms with Gasteiger partial charge in [0, 0.05) is 18.7 Å². The molecule has 3 rings (SSSR count). The number of rotatable bonds is 3. The van der Waals surface area contributed by atoms with Gasteiger partial charge in [0.1, 0.15) is 4.60 Å². The molecule has 1 aliphatic heterocycles. The highest BCUT2D eigenvalue weighted by Crippen LogP contribution is 2.15. The van der Waals surface area contributed by atoms with Crippen LogP contribution in [0.1, 0.15) is 28.8 Å². The van der Waals surface area contributed by atoms with Crippen LogP contribution in [0.5, 0.6) is 0 Å². The van der Waals surface area contributed by atoms with Gasteiger partial charge in [-0.25, -0.2) is 0 Å². The van der Waals surface area contributed by atoms with Gasteiger partial charge >= 0.3 is 0 Å². The summed E-state index contributed by atoms with van der Waals surface area (Å²) in [5, 5.41) is 4.23. The minimum atomic E-state index is 0.148. The van der Waals surface area contributed by atoms with E-state index in [0.29, 0.717) is 6.54 Å². The first-order valence-corrected chi connectivity index (χ1v) is 7.59. The number of hydrogen-bond acceptors (Lipinski definition) is 2. The summed E-state index contributed by atoms with van der Waals surface area (Å²) in [6, 6.07) is 9.72. The van der Waals surface area contributed by atoms with E-state index in [-0.39, 0.29) is 5.91 Å². The molecule has 1 saturated heterocycles. The van der Waals surface area contributed by atoms with Crippen molar-refractivity contribution in [3.8, 4) is 0 Å². The van der Waals surface area contributed by atoms with E-state index >= 15 is 0 Å². The number of carbonyl (C=O) groups excluding carboxylic acids is 1. The second-order valence-electron chi connectivity index (χ2n) is 5.01. The van der Waals surface area contributed by atoms with E-state index in [1.165, 1.54) is 0 Å². The Bertz CT molecular complexity index is 600. The molecule has 1 aromatic heterocycles. The molecule has 2 aromatic rings. The Morgan fingerprint density at radius 3 is 2.45 bits per heavy atom. The lowest BCUT2D eigenvalue weighted by Gasteiger charge is -2.15. The molecule has 1 amide bonds. The molecule has 1 fully saturated rings. The quantitative estimate of drug-likeness (QED) is 0.866. The van der Waals surface area contributed by atoms with Crippen molar-refractivity contribution in [2.24, 2.45) is 0 Å². The summed E-state index contributed by atoms with van der Waals surface area (Å²) in [4.78, 5) is 14.2. The second kappa shape index (κ2) is 5.79. The van der Waals surface area contributed by atoms with Crippen LogP contribution in [0.4, 0.5) is 0 Å². The number of nitrogens with zero attached hydrogens (tertiary/aromatic N) is 3. The topological polar surface area (TPSA) is 38.1 Å². The normalized spacial score (nSPS) is 14.8. The summed E-state index contributed by atoms with van der Waals surface area (Å²) in [5.74, 6) is 0.148. The van der Waals surface area contributed by atoms with Gasteiger partial charge in [0.05, 0.1) is 12.7 Å². The van der Waals surface area contributed by atoms with Crippen molar-refractivity contribution in [3.05, 3.63) is 52.3 Å². The summed E-state index contributed by atoms with van der Waals surface area (Å²) in [6.07, 6.45) is 4.00. The van der Waals surface area contributed by atoms with Gasteiger partial charge < -0.3 is 4.90 Å². The van der Waals surface area contributed by atoms with Crippen molar-refractivity contribution in [1.82, 2.24) is 14.7 Å². The zero-order valence-corrected chi connectivity index (χ0v) is 12.7. The molecular weight excluding hydrogens is 318 g/mol. The molecule has 0 N–H and O–H groups in total. The van der Waals surface area contributed by atoms with Crippen LogP contribution in [0.25, 0.3) is 0 Å². The molecule has 5 heteroatoms. The molecule has 0 unspecified atom stereocenters. The van der Waals surface area contributed by atoms with E-state index in [9.17, 15) is 4.79 Å². The molecule has 0 bridgehead atoms. The third-order valence-electron chi connectivity index (χ3n) is 3.59. The number of likely N-dealkylation sites (tertiary alicyclic amines) is 1. The first-order valence-electron chi connectivity index (χ1n) is 6.79. The predicted octanol–water partition coefficient (Wildman–Crippen LogP) is 2.93.